The predicted octanol–water partition coefficient (Wildman–Crippen LogP) is 15.6. The zero-order chi connectivity index (χ0) is 44.2. The molecule has 7 heteroatoms. The molecule has 0 unspecified atom stereocenters. The summed E-state index contributed by atoms with van der Waals surface area (Å²) in [6.45, 7) is 13.0. The second kappa shape index (κ2) is 18.1. The smallest absolute Gasteiger partial charge is 0.142 e. The largest absolute Gasteiger partial charge is 0.310 e. The molecule has 3 heterocycles. The van der Waals surface area contributed by atoms with Gasteiger partial charge in [-0.2, -0.15) is 0 Å². The normalized spacial score (nSPS) is 11.0. The number of para-hydroxylation sites is 4. The van der Waals surface area contributed by atoms with Gasteiger partial charge in [0.2, 0.25) is 0 Å². The minimum atomic E-state index is 0.826. The van der Waals surface area contributed by atoms with Crippen LogP contribution in [-0.4, -0.2) is 15.0 Å². The van der Waals surface area contributed by atoms with Crippen LogP contribution in [0, 0.1) is 41.5 Å². The molecule has 7 nitrogen and oxygen atoms in total. The van der Waals surface area contributed by atoms with Gasteiger partial charge in [0.1, 0.15) is 11.6 Å². The Hall–Kier alpha value is -8.03. The zero-order valence-corrected chi connectivity index (χ0v) is 37.2. The van der Waals surface area contributed by atoms with Crippen molar-refractivity contribution in [2.75, 3.05) is 19.6 Å². The van der Waals surface area contributed by atoms with Gasteiger partial charge in [-0.15, -0.1) is 0 Å². The van der Waals surface area contributed by atoms with Crippen LogP contribution in [0.15, 0.2) is 201 Å². The SMILES string of the molecule is Cc1cnccc1N(c1ccccc1)c1cccc(N(c2ccccc2)c2cc(N(c3ccccc3)c3nccc(N(c4ccccc4)c4ncccc4C)c3C)c(C)cc2C)c1C. The highest BCUT2D eigenvalue weighted by Gasteiger charge is 2.27. The van der Waals surface area contributed by atoms with Gasteiger partial charge in [-0.1, -0.05) is 91.0 Å². The summed E-state index contributed by atoms with van der Waals surface area (Å²) in [4.78, 5) is 23.9. The van der Waals surface area contributed by atoms with E-state index < -0.39 is 0 Å². The van der Waals surface area contributed by atoms with E-state index in [4.69, 9.17) is 9.97 Å². The van der Waals surface area contributed by atoms with Crippen LogP contribution in [0.3, 0.4) is 0 Å². The Morgan fingerprint density at radius 1 is 0.297 bits per heavy atom. The van der Waals surface area contributed by atoms with E-state index in [-0.39, 0.29) is 0 Å². The average Bonchev–Trinajstić information content (AvgIpc) is 3.32. The highest BCUT2D eigenvalue weighted by Crippen LogP contribution is 2.48. The fourth-order valence-corrected chi connectivity index (χ4v) is 8.69. The Bertz CT molecular complexity index is 2830. The number of nitrogens with zero attached hydrogens (tertiary/aromatic N) is 7. The molecule has 3 aromatic heterocycles. The summed E-state index contributed by atoms with van der Waals surface area (Å²) >= 11 is 0. The van der Waals surface area contributed by atoms with Gasteiger partial charge in [0.25, 0.3) is 0 Å². The lowest BCUT2D eigenvalue weighted by atomic mass is 10.0. The second-order valence-electron chi connectivity index (χ2n) is 16.1. The topological polar surface area (TPSA) is 51.6 Å². The summed E-state index contributed by atoms with van der Waals surface area (Å²) in [6, 6.07) is 61.8. The van der Waals surface area contributed by atoms with Gasteiger partial charge in [0, 0.05) is 53.1 Å². The van der Waals surface area contributed by atoms with Crippen molar-refractivity contribution in [3.8, 4) is 0 Å². The Labute approximate surface area is 377 Å². The van der Waals surface area contributed by atoms with Gasteiger partial charge in [-0.3, -0.25) is 14.8 Å². The molecule has 64 heavy (non-hydrogen) atoms. The Morgan fingerprint density at radius 2 is 0.750 bits per heavy atom. The summed E-state index contributed by atoms with van der Waals surface area (Å²) in [5.41, 5.74) is 17.0. The first-order valence-corrected chi connectivity index (χ1v) is 21.7. The van der Waals surface area contributed by atoms with Gasteiger partial charge < -0.3 is 9.80 Å². The maximum Gasteiger partial charge on any atom is 0.142 e. The predicted molar refractivity (Wildman–Crippen MR) is 267 cm³/mol. The maximum atomic E-state index is 5.20. The molecule has 0 saturated heterocycles. The quantitative estimate of drug-likeness (QED) is 0.121. The first-order chi connectivity index (χ1) is 31.3. The van der Waals surface area contributed by atoms with Crippen LogP contribution >= 0.6 is 0 Å². The fraction of sp³-hybridized carbons (Fsp3) is 0.105. The first-order valence-electron chi connectivity index (χ1n) is 21.7. The van der Waals surface area contributed by atoms with Crippen LogP contribution in [-0.2, 0) is 0 Å². The van der Waals surface area contributed by atoms with Crippen LogP contribution in [0.4, 0.5) is 68.5 Å². The van der Waals surface area contributed by atoms with Crippen LogP contribution in [0.5, 0.6) is 0 Å². The van der Waals surface area contributed by atoms with Gasteiger partial charge >= 0.3 is 0 Å². The zero-order valence-electron chi connectivity index (χ0n) is 37.2. The van der Waals surface area contributed by atoms with Gasteiger partial charge in [0.15, 0.2) is 0 Å². The van der Waals surface area contributed by atoms with Gasteiger partial charge in [-0.05, 0) is 154 Å². The van der Waals surface area contributed by atoms with Crippen LogP contribution in [0.2, 0.25) is 0 Å². The van der Waals surface area contributed by atoms with E-state index in [1.54, 1.807) is 0 Å². The van der Waals surface area contributed by atoms with Crippen molar-refractivity contribution in [2.24, 2.45) is 0 Å². The lowest BCUT2D eigenvalue weighted by Crippen LogP contribution is -2.20. The lowest BCUT2D eigenvalue weighted by molar-refractivity contribution is 1.09. The van der Waals surface area contributed by atoms with Gasteiger partial charge in [-0.25, -0.2) is 9.97 Å². The number of hydrogen-bond donors (Lipinski definition) is 0. The molecule has 9 rings (SSSR count). The van der Waals surface area contributed by atoms with Crippen molar-refractivity contribution in [3.05, 3.63) is 234 Å². The number of aryl methyl sites for hydroxylation is 4. The molecule has 9 aromatic rings. The number of pyridine rings is 3. The molecule has 0 atom stereocenters. The van der Waals surface area contributed by atoms with Crippen molar-refractivity contribution in [1.29, 1.82) is 0 Å². The van der Waals surface area contributed by atoms with E-state index in [1.807, 2.05) is 36.9 Å². The van der Waals surface area contributed by atoms with E-state index >= 15 is 0 Å². The molecule has 0 aliphatic carbocycles. The van der Waals surface area contributed by atoms with Crippen molar-refractivity contribution in [2.45, 2.75) is 41.5 Å². The second-order valence-corrected chi connectivity index (χ2v) is 16.1. The third-order valence-corrected chi connectivity index (χ3v) is 11.8. The molecule has 0 saturated carbocycles. The highest BCUT2D eigenvalue weighted by atomic mass is 15.2. The Morgan fingerprint density at radius 3 is 1.28 bits per heavy atom. The van der Waals surface area contributed by atoms with E-state index in [9.17, 15) is 0 Å². The number of rotatable bonds is 12. The van der Waals surface area contributed by atoms with Crippen molar-refractivity contribution in [3.63, 3.8) is 0 Å². The molecule has 0 amide bonds. The van der Waals surface area contributed by atoms with Crippen LogP contribution in [0.25, 0.3) is 0 Å². The van der Waals surface area contributed by atoms with E-state index in [2.05, 4.69) is 230 Å². The molecule has 0 aliphatic heterocycles. The van der Waals surface area contributed by atoms with Crippen LogP contribution in [0.1, 0.15) is 33.4 Å². The Balaban J connectivity index is 1.25. The van der Waals surface area contributed by atoms with Crippen molar-refractivity contribution < 1.29 is 0 Å². The first kappa shape index (κ1) is 41.3. The third-order valence-electron chi connectivity index (χ3n) is 11.8. The summed E-state index contributed by atoms with van der Waals surface area (Å²) in [5, 5.41) is 0. The molecule has 6 aromatic carbocycles. The average molecular weight is 834 g/mol. The molecule has 0 radical (unpaired) electrons. The van der Waals surface area contributed by atoms with Crippen molar-refractivity contribution in [1.82, 2.24) is 15.0 Å². The number of hydrogen-bond acceptors (Lipinski definition) is 7. The number of aromatic nitrogens is 3. The van der Waals surface area contributed by atoms with E-state index in [1.165, 1.54) is 0 Å². The highest BCUT2D eigenvalue weighted by molar-refractivity contribution is 5.91. The van der Waals surface area contributed by atoms with Crippen molar-refractivity contribution >= 4 is 68.5 Å². The minimum Gasteiger partial charge on any atom is -0.310 e. The minimum absolute atomic E-state index is 0.826. The summed E-state index contributed by atoms with van der Waals surface area (Å²) in [6.07, 6.45) is 7.58. The molecule has 0 aliphatic rings. The van der Waals surface area contributed by atoms with E-state index in [0.29, 0.717) is 0 Å². The Kier molecular flexibility index (Phi) is 11.7. The van der Waals surface area contributed by atoms with E-state index in [0.717, 1.165) is 102 Å². The molecular formula is C57H51N7. The lowest BCUT2D eigenvalue weighted by Gasteiger charge is -2.35. The standard InChI is InChI=1S/C57H51N7/c1-40-21-20-34-59-56(40)63(48-26-15-9-16-27-48)53-33-36-60-57(45(53)6)64(49-28-17-10-18-29-49)55-38-54(41(2)37-42(55)3)62(47-24-13-8-14-25-47)52-31-19-30-51(44(52)5)61(46-22-11-7-12-23-46)50-32-35-58-39-43(50)4/h7-39H,1-6H3. The molecule has 0 spiro atoms. The summed E-state index contributed by atoms with van der Waals surface area (Å²) in [5.74, 6) is 1.70. The molecular weight excluding hydrogens is 783 g/mol. The van der Waals surface area contributed by atoms with Crippen LogP contribution < -0.4 is 19.6 Å². The summed E-state index contributed by atoms with van der Waals surface area (Å²) in [7, 11) is 0. The third kappa shape index (κ3) is 7.96. The fourth-order valence-electron chi connectivity index (χ4n) is 8.69. The number of anilines is 12. The monoisotopic (exact) mass is 833 g/mol. The molecule has 0 N–H and O–H groups in total. The molecule has 0 bridgehead atoms. The summed E-state index contributed by atoms with van der Waals surface area (Å²) < 4.78 is 0. The maximum absolute atomic E-state index is 5.20. The molecule has 0 fully saturated rings. The molecule has 314 valence electrons. The number of benzene rings is 6. The van der Waals surface area contributed by atoms with Gasteiger partial charge in [0.05, 0.1) is 34.1 Å².